The highest BCUT2D eigenvalue weighted by molar-refractivity contribution is 6.28. The Morgan fingerprint density at radius 1 is 1.50 bits per heavy atom. The molecule has 0 aliphatic heterocycles. The Bertz CT molecular complexity index is 484. The normalized spacial score (nSPS) is 14.6. The third kappa shape index (κ3) is 4.53. The Balaban J connectivity index is 2.57. The maximum atomic E-state index is 11.3. The van der Waals surface area contributed by atoms with Crippen LogP contribution in [-0.2, 0) is 4.79 Å². The molecule has 2 unspecified atom stereocenters. The lowest BCUT2D eigenvalue weighted by molar-refractivity contribution is -0.116. The van der Waals surface area contributed by atoms with Crippen LogP contribution in [0.5, 0.6) is 0 Å². The minimum Gasteiger partial charge on any atom is -0.394 e. The molecule has 1 heterocycles. The quantitative estimate of drug-likeness (QED) is 0.440. The second-order valence-electron chi connectivity index (χ2n) is 3.51. The fraction of sp³-hybridized carbons (Fsp3) is 0.400. The molecule has 0 bridgehead atoms. The van der Waals surface area contributed by atoms with Gasteiger partial charge >= 0.3 is 5.69 Å². The van der Waals surface area contributed by atoms with Crippen molar-refractivity contribution >= 4 is 17.8 Å². The number of aliphatic imine (C=N–C) groups is 1. The van der Waals surface area contributed by atoms with Gasteiger partial charge in [-0.15, -0.1) is 0 Å². The van der Waals surface area contributed by atoms with Crippen LogP contribution in [0.15, 0.2) is 22.1 Å². The molecule has 0 aliphatic rings. The van der Waals surface area contributed by atoms with Crippen molar-refractivity contribution in [1.29, 1.82) is 0 Å². The molecule has 0 aliphatic carbocycles. The SMILES string of the molecule is O=C(C=Nc1ccnc(=O)[nH]1)CC(O)C(O)CO. The number of nitrogens with zero attached hydrogens (tertiary/aromatic N) is 2. The maximum Gasteiger partial charge on any atom is 0.346 e. The minimum absolute atomic E-state index is 0.153. The van der Waals surface area contributed by atoms with Crippen LogP contribution in [0.25, 0.3) is 0 Å². The van der Waals surface area contributed by atoms with E-state index in [2.05, 4.69) is 15.0 Å². The number of carbonyl (C=O) groups excluding carboxylic acids is 1. The molecule has 8 heteroatoms. The van der Waals surface area contributed by atoms with E-state index in [4.69, 9.17) is 10.2 Å². The van der Waals surface area contributed by atoms with Gasteiger partial charge in [0.25, 0.3) is 0 Å². The van der Waals surface area contributed by atoms with Crippen LogP contribution >= 0.6 is 0 Å². The zero-order valence-corrected chi connectivity index (χ0v) is 9.35. The lowest BCUT2D eigenvalue weighted by Crippen LogP contribution is -2.31. The van der Waals surface area contributed by atoms with E-state index in [1.165, 1.54) is 12.3 Å². The van der Waals surface area contributed by atoms with E-state index in [0.29, 0.717) is 0 Å². The van der Waals surface area contributed by atoms with Crippen molar-refractivity contribution in [2.45, 2.75) is 18.6 Å². The molecule has 2 atom stereocenters. The molecule has 0 fully saturated rings. The average Bonchev–Trinajstić information content (AvgIpc) is 2.35. The molecular formula is C10H13N3O5. The molecule has 0 saturated heterocycles. The first-order valence-corrected chi connectivity index (χ1v) is 5.12. The summed E-state index contributed by atoms with van der Waals surface area (Å²) in [4.78, 5) is 31.5. The number of H-pyrrole nitrogens is 1. The summed E-state index contributed by atoms with van der Waals surface area (Å²) in [7, 11) is 0. The Labute approximate surface area is 102 Å². The summed E-state index contributed by atoms with van der Waals surface area (Å²) >= 11 is 0. The van der Waals surface area contributed by atoms with Crippen LogP contribution in [0.1, 0.15) is 6.42 Å². The lowest BCUT2D eigenvalue weighted by Gasteiger charge is -2.12. The van der Waals surface area contributed by atoms with Crippen LogP contribution < -0.4 is 5.69 Å². The van der Waals surface area contributed by atoms with Gasteiger partial charge in [-0.1, -0.05) is 0 Å². The third-order valence-electron chi connectivity index (χ3n) is 2.05. The summed E-state index contributed by atoms with van der Waals surface area (Å²) in [5.41, 5.74) is -0.590. The van der Waals surface area contributed by atoms with Gasteiger partial charge < -0.3 is 15.3 Å². The fourth-order valence-corrected chi connectivity index (χ4v) is 1.09. The predicted molar refractivity (Wildman–Crippen MR) is 61.7 cm³/mol. The number of carbonyl (C=O) groups is 1. The molecule has 0 radical (unpaired) electrons. The Morgan fingerprint density at radius 2 is 2.22 bits per heavy atom. The second-order valence-corrected chi connectivity index (χ2v) is 3.51. The van der Waals surface area contributed by atoms with Crippen molar-refractivity contribution in [3.05, 3.63) is 22.7 Å². The van der Waals surface area contributed by atoms with Crippen molar-refractivity contribution in [3.8, 4) is 0 Å². The number of nitrogens with one attached hydrogen (secondary N) is 1. The van der Waals surface area contributed by atoms with Gasteiger partial charge in [0.1, 0.15) is 11.9 Å². The van der Waals surface area contributed by atoms with Gasteiger partial charge in [0, 0.05) is 12.6 Å². The van der Waals surface area contributed by atoms with Crippen LogP contribution in [0, 0.1) is 0 Å². The number of Topliss-reactive ketones (excluding diaryl/α,β-unsaturated/α-hetero) is 1. The molecule has 1 rings (SSSR count). The maximum absolute atomic E-state index is 11.3. The number of aliphatic hydroxyl groups is 3. The smallest absolute Gasteiger partial charge is 0.346 e. The number of rotatable bonds is 6. The molecule has 0 amide bonds. The zero-order chi connectivity index (χ0) is 13.5. The van der Waals surface area contributed by atoms with Crippen molar-refractivity contribution in [2.24, 2.45) is 4.99 Å². The number of hydrogen-bond acceptors (Lipinski definition) is 7. The van der Waals surface area contributed by atoms with Gasteiger partial charge in [0.05, 0.1) is 18.9 Å². The lowest BCUT2D eigenvalue weighted by atomic mass is 10.1. The molecule has 0 saturated carbocycles. The van der Waals surface area contributed by atoms with E-state index in [1.54, 1.807) is 0 Å². The summed E-state index contributed by atoms with van der Waals surface area (Å²) in [6.07, 6.45) is -0.951. The average molecular weight is 255 g/mol. The molecule has 18 heavy (non-hydrogen) atoms. The first-order valence-electron chi connectivity index (χ1n) is 5.12. The molecule has 1 aromatic heterocycles. The van der Waals surface area contributed by atoms with E-state index < -0.39 is 30.3 Å². The molecule has 98 valence electrons. The van der Waals surface area contributed by atoms with Gasteiger partial charge in [-0.25, -0.2) is 14.8 Å². The molecule has 4 N–H and O–H groups in total. The molecule has 0 spiro atoms. The fourth-order valence-electron chi connectivity index (χ4n) is 1.09. The number of aliphatic hydroxyl groups excluding tert-OH is 3. The Morgan fingerprint density at radius 3 is 2.83 bits per heavy atom. The van der Waals surface area contributed by atoms with Crippen LogP contribution in [-0.4, -0.2) is 56.1 Å². The van der Waals surface area contributed by atoms with Gasteiger partial charge in [0.2, 0.25) is 0 Å². The van der Waals surface area contributed by atoms with Gasteiger partial charge in [-0.05, 0) is 6.07 Å². The summed E-state index contributed by atoms with van der Waals surface area (Å²) in [5.74, 6) is -0.395. The highest BCUT2D eigenvalue weighted by atomic mass is 16.4. The molecule has 0 aromatic carbocycles. The van der Waals surface area contributed by atoms with Gasteiger partial charge in [0.15, 0.2) is 5.78 Å². The summed E-state index contributed by atoms with van der Waals surface area (Å²) in [5, 5.41) is 26.9. The van der Waals surface area contributed by atoms with E-state index in [-0.39, 0.29) is 12.2 Å². The largest absolute Gasteiger partial charge is 0.394 e. The van der Waals surface area contributed by atoms with E-state index in [0.717, 1.165) is 6.21 Å². The Hall–Kier alpha value is -1.90. The predicted octanol–water partition coefficient (Wildman–Crippen LogP) is -1.85. The monoisotopic (exact) mass is 255 g/mol. The summed E-state index contributed by atoms with van der Waals surface area (Å²) in [6, 6.07) is 1.39. The van der Waals surface area contributed by atoms with Crippen molar-refractivity contribution in [3.63, 3.8) is 0 Å². The highest BCUT2D eigenvalue weighted by Crippen LogP contribution is 2.02. The first-order chi connectivity index (χ1) is 8.52. The van der Waals surface area contributed by atoms with Crippen LogP contribution in [0.4, 0.5) is 5.82 Å². The number of aromatic nitrogens is 2. The van der Waals surface area contributed by atoms with Crippen molar-refractivity contribution in [2.75, 3.05) is 6.61 Å². The zero-order valence-electron chi connectivity index (χ0n) is 9.35. The standard InChI is InChI=1S/C10H13N3O5/c14-5-8(17)7(16)3-6(15)4-12-9-1-2-11-10(18)13-9/h1-2,4,7-8,14,16-17H,3,5H2,(H,11,13,18). The van der Waals surface area contributed by atoms with E-state index >= 15 is 0 Å². The minimum atomic E-state index is -1.37. The van der Waals surface area contributed by atoms with E-state index in [1.807, 2.05) is 0 Å². The van der Waals surface area contributed by atoms with Crippen molar-refractivity contribution in [1.82, 2.24) is 9.97 Å². The number of aromatic amines is 1. The van der Waals surface area contributed by atoms with Crippen LogP contribution in [0.3, 0.4) is 0 Å². The second kappa shape index (κ2) is 6.74. The van der Waals surface area contributed by atoms with Gasteiger partial charge in [-0.3, -0.25) is 9.78 Å². The molecule has 8 nitrogen and oxygen atoms in total. The molecular weight excluding hydrogens is 242 g/mol. The highest BCUT2D eigenvalue weighted by Gasteiger charge is 2.17. The van der Waals surface area contributed by atoms with E-state index in [9.17, 15) is 14.7 Å². The molecule has 1 aromatic rings. The summed E-state index contributed by atoms with van der Waals surface area (Å²) in [6.45, 7) is -0.636. The van der Waals surface area contributed by atoms with Crippen molar-refractivity contribution < 1.29 is 20.1 Å². The number of hydrogen-bond donors (Lipinski definition) is 4. The van der Waals surface area contributed by atoms with Crippen LogP contribution in [0.2, 0.25) is 0 Å². The topological polar surface area (TPSA) is 136 Å². The number of ketones is 1. The Kier molecular flexibility index (Phi) is 5.31. The third-order valence-corrected chi connectivity index (χ3v) is 2.05. The summed E-state index contributed by atoms with van der Waals surface area (Å²) < 4.78 is 0. The first kappa shape index (κ1) is 14.2. The van der Waals surface area contributed by atoms with Gasteiger partial charge in [-0.2, -0.15) is 0 Å².